The van der Waals surface area contributed by atoms with Gasteiger partial charge in [0.05, 0.1) is 12.2 Å². The first-order valence-corrected chi connectivity index (χ1v) is 5.92. The average Bonchev–Trinajstić information content (AvgIpc) is 2.59. The van der Waals surface area contributed by atoms with E-state index < -0.39 is 0 Å². The molecule has 6 nitrogen and oxygen atoms in total. The first-order chi connectivity index (χ1) is 8.63. The van der Waals surface area contributed by atoms with E-state index in [1.54, 1.807) is 16.9 Å². The van der Waals surface area contributed by atoms with Crippen molar-refractivity contribution >= 4 is 5.82 Å². The van der Waals surface area contributed by atoms with Gasteiger partial charge in [-0.05, 0) is 19.9 Å². The Morgan fingerprint density at radius 2 is 2.22 bits per heavy atom. The summed E-state index contributed by atoms with van der Waals surface area (Å²) in [6.45, 7) is 5.20. The summed E-state index contributed by atoms with van der Waals surface area (Å²) < 4.78 is 3.23. The van der Waals surface area contributed by atoms with Gasteiger partial charge < -0.3 is 5.32 Å². The van der Waals surface area contributed by atoms with Gasteiger partial charge >= 0.3 is 0 Å². The predicted octanol–water partition coefficient (Wildman–Crippen LogP) is 0.765. The van der Waals surface area contributed by atoms with Crippen LogP contribution in [0, 0.1) is 6.92 Å². The molecule has 18 heavy (non-hydrogen) atoms. The SMILES string of the molecule is CCNc1c(Cn2ncccc2=O)c(C)nn1C. The number of anilines is 1. The van der Waals surface area contributed by atoms with Crippen molar-refractivity contribution < 1.29 is 0 Å². The summed E-state index contributed by atoms with van der Waals surface area (Å²) in [6.07, 6.45) is 1.61. The van der Waals surface area contributed by atoms with E-state index in [1.807, 2.05) is 20.9 Å². The highest BCUT2D eigenvalue weighted by molar-refractivity contribution is 5.47. The van der Waals surface area contributed by atoms with Crippen molar-refractivity contribution in [1.82, 2.24) is 19.6 Å². The van der Waals surface area contributed by atoms with E-state index >= 15 is 0 Å². The Labute approximate surface area is 105 Å². The molecule has 2 aromatic heterocycles. The van der Waals surface area contributed by atoms with E-state index in [-0.39, 0.29) is 5.56 Å². The minimum Gasteiger partial charge on any atom is -0.370 e. The Morgan fingerprint density at radius 3 is 2.89 bits per heavy atom. The van der Waals surface area contributed by atoms with E-state index in [4.69, 9.17) is 0 Å². The highest BCUT2D eigenvalue weighted by Gasteiger charge is 2.13. The van der Waals surface area contributed by atoms with Crippen molar-refractivity contribution in [2.45, 2.75) is 20.4 Å². The molecule has 0 saturated carbocycles. The average molecular weight is 247 g/mol. The highest BCUT2D eigenvalue weighted by Crippen LogP contribution is 2.18. The van der Waals surface area contributed by atoms with E-state index in [2.05, 4.69) is 15.5 Å². The number of hydrogen-bond acceptors (Lipinski definition) is 4. The minimum atomic E-state index is -0.108. The standard InChI is InChI=1S/C12H17N5O/c1-4-13-12-10(9(2)15-16(12)3)8-17-11(18)6-5-7-14-17/h5-7,13H,4,8H2,1-3H3. The summed E-state index contributed by atoms with van der Waals surface area (Å²) in [7, 11) is 1.88. The highest BCUT2D eigenvalue weighted by atomic mass is 16.1. The summed E-state index contributed by atoms with van der Waals surface area (Å²) >= 11 is 0. The van der Waals surface area contributed by atoms with Gasteiger partial charge in [-0.15, -0.1) is 0 Å². The lowest BCUT2D eigenvalue weighted by Gasteiger charge is -2.08. The second kappa shape index (κ2) is 5.03. The molecule has 0 aliphatic heterocycles. The van der Waals surface area contributed by atoms with Gasteiger partial charge in [0.2, 0.25) is 0 Å². The van der Waals surface area contributed by atoms with Crippen LogP contribution < -0.4 is 10.9 Å². The number of nitrogens with zero attached hydrogens (tertiary/aromatic N) is 4. The predicted molar refractivity (Wildman–Crippen MR) is 69.7 cm³/mol. The van der Waals surface area contributed by atoms with Crippen molar-refractivity contribution in [3.63, 3.8) is 0 Å². The number of aryl methyl sites for hydroxylation is 2. The van der Waals surface area contributed by atoms with Gasteiger partial charge in [0.15, 0.2) is 0 Å². The van der Waals surface area contributed by atoms with Crippen molar-refractivity contribution in [2.75, 3.05) is 11.9 Å². The third-order valence-electron chi connectivity index (χ3n) is 2.78. The summed E-state index contributed by atoms with van der Waals surface area (Å²) in [5.74, 6) is 0.938. The van der Waals surface area contributed by atoms with Gasteiger partial charge in [-0.2, -0.15) is 10.2 Å². The molecule has 2 heterocycles. The molecular weight excluding hydrogens is 230 g/mol. The third kappa shape index (κ3) is 2.27. The fraction of sp³-hybridized carbons (Fsp3) is 0.417. The molecule has 0 bridgehead atoms. The quantitative estimate of drug-likeness (QED) is 0.866. The summed E-state index contributed by atoms with van der Waals surface area (Å²) in [6, 6.07) is 3.14. The maximum absolute atomic E-state index is 11.7. The fourth-order valence-electron chi connectivity index (χ4n) is 1.94. The Balaban J connectivity index is 2.40. The molecule has 1 N–H and O–H groups in total. The van der Waals surface area contributed by atoms with Crippen molar-refractivity contribution in [2.24, 2.45) is 7.05 Å². The Bertz CT molecular complexity index is 599. The zero-order chi connectivity index (χ0) is 13.1. The van der Waals surface area contributed by atoms with Crippen molar-refractivity contribution in [3.8, 4) is 0 Å². The molecule has 2 rings (SSSR count). The monoisotopic (exact) mass is 247 g/mol. The van der Waals surface area contributed by atoms with Crippen LogP contribution in [0.25, 0.3) is 0 Å². The van der Waals surface area contributed by atoms with E-state index in [0.29, 0.717) is 6.54 Å². The molecule has 0 saturated heterocycles. The van der Waals surface area contributed by atoms with Crippen molar-refractivity contribution in [3.05, 3.63) is 39.9 Å². The maximum atomic E-state index is 11.7. The molecule has 2 aromatic rings. The lowest BCUT2D eigenvalue weighted by atomic mass is 10.2. The molecule has 0 radical (unpaired) electrons. The van der Waals surface area contributed by atoms with E-state index in [9.17, 15) is 4.79 Å². The lowest BCUT2D eigenvalue weighted by Crippen LogP contribution is -2.22. The van der Waals surface area contributed by atoms with Crippen molar-refractivity contribution in [1.29, 1.82) is 0 Å². The van der Waals surface area contributed by atoms with Gasteiger partial charge in [0, 0.05) is 31.4 Å². The van der Waals surface area contributed by atoms with Crippen LogP contribution in [0.5, 0.6) is 0 Å². The molecular formula is C12H17N5O. The van der Waals surface area contributed by atoms with Crippen LogP contribution in [-0.4, -0.2) is 26.1 Å². The lowest BCUT2D eigenvalue weighted by molar-refractivity contribution is 0.637. The molecule has 0 fully saturated rings. The Hall–Kier alpha value is -2.11. The zero-order valence-electron chi connectivity index (χ0n) is 10.8. The number of hydrogen-bond donors (Lipinski definition) is 1. The van der Waals surface area contributed by atoms with Gasteiger partial charge in [0.1, 0.15) is 5.82 Å². The fourth-order valence-corrected chi connectivity index (χ4v) is 1.94. The van der Waals surface area contributed by atoms with Crippen LogP contribution in [0.15, 0.2) is 23.1 Å². The maximum Gasteiger partial charge on any atom is 0.267 e. The first kappa shape index (κ1) is 12.3. The van der Waals surface area contributed by atoms with Crippen LogP contribution in [-0.2, 0) is 13.6 Å². The summed E-state index contributed by atoms with van der Waals surface area (Å²) in [4.78, 5) is 11.7. The minimum absolute atomic E-state index is 0.108. The molecule has 6 heteroatoms. The summed E-state index contributed by atoms with van der Waals surface area (Å²) in [5.41, 5.74) is 1.80. The van der Waals surface area contributed by atoms with Crippen LogP contribution in [0.4, 0.5) is 5.82 Å². The van der Waals surface area contributed by atoms with Crippen LogP contribution in [0.1, 0.15) is 18.2 Å². The summed E-state index contributed by atoms with van der Waals surface area (Å²) in [5, 5.41) is 11.7. The molecule has 0 aromatic carbocycles. The zero-order valence-corrected chi connectivity index (χ0v) is 10.8. The normalized spacial score (nSPS) is 10.6. The topological polar surface area (TPSA) is 64.7 Å². The molecule has 0 aliphatic rings. The number of nitrogens with one attached hydrogen (secondary N) is 1. The van der Waals surface area contributed by atoms with Gasteiger partial charge in [0.25, 0.3) is 5.56 Å². The molecule has 0 unspecified atom stereocenters. The van der Waals surface area contributed by atoms with Crippen LogP contribution in [0.2, 0.25) is 0 Å². The molecule has 0 atom stereocenters. The smallest absolute Gasteiger partial charge is 0.267 e. The molecule has 0 aliphatic carbocycles. The Kier molecular flexibility index (Phi) is 3.45. The molecule has 96 valence electrons. The van der Waals surface area contributed by atoms with Crippen LogP contribution >= 0.6 is 0 Å². The van der Waals surface area contributed by atoms with Crippen LogP contribution in [0.3, 0.4) is 0 Å². The number of rotatable bonds is 4. The van der Waals surface area contributed by atoms with E-state index in [1.165, 1.54) is 10.7 Å². The van der Waals surface area contributed by atoms with Gasteiger partial charge in [-0.3, -0.25) is 9.48 Å². The Morgan fingerprint density at radius 1 is 1.44 bits per heavy atom. The molecule has 0 amide bonds. The number of aromatic nitrogens is 4. The second-order valence-electron chi connectivity index (χ2n) is 4.09. The third-order valence-corrected chi connectivity index (χ3v) is 2.78. The van der Waals surface area contributed by atoms with Gasteiger partial charge in [-0.25, -0.2) is 4.68 Å². The van der Waals surface area contributed by atoms with Gasteiger partial charge in [-0.1, -0.05) is 0 Å². The largest absolute Gasteiger partial charge is 0.370 e. The first-order valence-electron chi connectivity index (χ1n) is 5.92. The van der Waals surface area contributed by atoms with E-state index in [0.717, 1.165) is 23.6 Å². The second-order valence-corrected chi connectivity index (χ2v) is 4.09. The molecule has 0 spiro atoms.